The highest BCUT2D eigenvalue weighted by Crippen LogP contribution is 2.17. The SMILES string of the molecule is O=c1oc2ccccc2nc1-c1ccc(F)cc1. The quantitative estimate of drug-likeness (QED) is 0.657. The van der Waals surface area contributed by atoms with Crippen LogP contribution in [0.2, 0.25) is 0 Å². The molecule has 3 rings (SSSR count). The van der Waals surface area contributed by atoms with Crippen LogP contribution in [0.15, 0.2) is 57.7 Å². The summed E-state index contributed by atoms with van der Waals surface area (Å²) in [6, 6.07) is 12.6. The Kier molecular flexibility index (Phi) is 2.41. The lowest BCUT2D eigenvalue weighted by molar-refractivity contribution is 0.558. The Balaban J connectivity index is 2.26. The molecule has 0 radical (unpaired) electrons. The normalized spacial score (nSPS) is 10.7. The Morgan fingerprint density at radius 1 is 1.00 bits per heavy atom. The zero-order valence-corrected chi connectivity index (χ0v) is 9.26. The molecule has 0 unspecified atom stereocenters. The lowest BCUT2D eigenvalue weighted by Crippen LogP contribution is -2.05. The number of para-hydroxylation sites is 2. The van der Waals surface area contributed by atoms with Crippen LogP contribution in [0.4, 0.5) is 4.39 Å². The number of hydrogen-bond donors (Lipinski definition) is 0. The van der Waals surface area contributed by atoms with Crippen LogP contribution in [0.5, 0.6) is 0 Å². The highest BCUT2D eigenvalue weighted by Gasteiger charge is 2.09. The molecule has 3 nitrogen and oxygen atoms in total. The fraction of sp³-hybridized carbons (Fsp3) is 0. The van der Waals surface area contributed by atoms with Crippen molar-refractivity contribution in [1.82, 2.24) is 4.98 Å². The smallest absolute Gasteiger partial charge is 0.363 e. The minimum absolute atomic E-state index is 0.189. The maximum Gasteiger partial charge on any atom is 0.363 e. The largest absolute Gasteiger partial charge is 0.419 e. The van der Waals surface area contributed by atoms with Crippen LogP contribution in [0.25, 0.3) is 22.4 Å². The highest BCUT2D eigenvalue weighted by molar-refractivity contribution is 5.74. The molecule has 3 aromatic rings. The number of halogens is 1. The Morgan fingerprint density at radius 2 is 1.72 bits per heavy atom. The number of rotatable bonds is 1. The molecule has 0 saturated carbocycles. The summed E-state index contributed by atoms with van der Waals surface area (Å²) in [5.74, 6) is -0.357. The first kappa shape index (κ1) is 10.7. The molecule has 4 heteroatoms. The molecule has 0 aliphatic carbocycles. The Labute approximate surface area is 102 Å². The van der Waals surface area contributed by atoms with Gasteiger partial charge in [0.25, 0.3) is 0 Å². The van der Waals surface area contributed by atoms with Gasteiger partial charge in [-0.25, -0.2) is 14.2 Å². The summed E-state index contributed by atoms with van der Waals surface area (Å²) in [4.78, 5) is 16.0. The van der Waals surface area contributed by atoms with Gasteiger partial charge in [0.2, 0.25) is 0 Å². The van der Waals surface area contributed by atoms with Crippen molar-refractivity contribution in [2.45, 2.75) is 0 Å². The third-order valence-electron chi connectivity index (χ3n) is 2.61. The minimum Gasteiger partial charge on any atom is -0.419 e. The highest BCUT2D eigenvalue weighted by atomic mass is 19.1. The van der Waals surface area contributed by atoms with Crippen molar-refractivity contribution in [2.24, 2.45) is 0 Å². The summed E-state index contributed by atoms with van der Waals surface area (Å²) in [6.07, 6.45) is 0. The van der Waals surface area contributed by atoms with Gasteiger partial charge in [-0.15, -0.1) is 0 Å². The molecule has 0 atom stereocenters. The predicted octanol–water partition coefficient (Wildman–Crippen LogP) is 2.99. The molecule has 0 spiro atoms. The Bertz CT molecular complexity index is 763. The monoisotopic (exact) mass is 241 g/mol. The minimum atomic E-state index is -0.527. The van der Waals surface area contributed by atoms with Crippen LogP contribution >= 0.6 is 0 Å². The van der Waals surface area contributed by atoms with Gasteiger partial charge < -0.3 is 4.42 Å². The third kappa shape index (κ3) is 1.78. The second kappa shape index (κ2) is 4.07. The summed E-state index contributed by atoms with van der Waals surface area (Å²) in [6.45, 7) is 0. The van der Waals surface area contributed by atoms with E-state index in [1.165, 1.54) is 24.3 Å². The first-order valence-corrected chi connectivity index (χ1v) is 5.40. The van der Waals surface area contributed by atoms with Crippen molar-refractivity contribution in [3.05, 3.63) is 64.8 Å². The summed E-state index contributed by atoms with van der Waals surface area (Å²) >= 11 is 0. The average Bonchev–Trinajstić information content (AvgIpc) is 2.39. The second-order valence-corrected chi connectivity index (χ2v) is 3.82. The summed E-state index contributed by atoms with van der Waals surface area (Å²) in [7, 11) is 0. The van der Waals surface area contributed by atoms with Gasteiger partial charge in [-0.1, -0.05) is 12.1 Å². The summed E-state index contributed by atoms with van der Waals surface area (Å²) in [5, 5.41) is 0. The zero-order chi connectivity index (χ0) is 12.5. The summed E-state index contributed by atoms with van der Waals surface area (Å²) in [5.41, 5.74) is 1.23. The Morgan fingerprint density at radius 3 is 2.50 bits per heavy atom. The van der Waals surface area contributed by atoms with E-state index in [1.54, 1.807) is 18.2 Å². The van der Waals surface area contributed by atoms with Crippen LogP contribution in [-0.2, 0) is 0 Å². The van der Waals surface area contributed by atoms with Crippen molar-refractivity contribution in [1.29, 1.82) is 0 Å². The molecule has 0 amide bonds. The molecular formula is C14H8FNO2. The van der Waals surface area contributed by atoms with Crippen LogP contribution in [-0.4, -0.2) is 4.98 Å². The van der Waals surface area contributed by atoms with E-state index in [-0.39, 0.29) is 11.5 Å². The zero-order valence-electron chi connectivity index (χ0n) is 9.26. The van der Waals surface area contributed by atoms with Crippen molar-refractivity contribution in [3.63, 3.8) is 0 Å². The second-order valence-electron chi connectivity index (χ2n) is 3.82. The van der Waals surface area contributed by atoms with Gasteiger partial charge in [0.1, 0.15) is 11.3 Å². The molecule has 0 fully saturated rings. The van der Waals surface area contributed by atoms with Gasteiger partial charge in [-0.3, -0.25) is 0 Å². The van der Waals surface area contributed by atoms with Crippen LogP contribution in [0.3, 0.4) is 0 Å². The van der Waals surface area contributed by atoms with Gasteiger partial charge in [0.05, 0.1) is 0 Å². The van der Waals surface area contributed by atoms with E-state index in [9.17, 15) is 9.18 Å². The van der Waals surface area contributed by atoms with Gasteiger partial charge in [-0.2, -0.15) is 0 Å². The number of nitrogens with zero attached hydrogens (tertiary/aromatic N) is 1. The Hall–Kier alpha value is -2.49. The fourth-order valence-electron chi connectivity index (χ4n) is 1.74. The van der Waals surface area contributed by atoms with E-state index >= 15 is 0 Å². The van der Waals surface area contributed by atoms with E-state index in [0.717, 1.165) is 0 Å². The van der Waals surface area contributed by atoms with Crippen molar-refractivity contribution in [3.8, 4) is 11.3 Å². The van der Waals surface area contributed by atoms with E-state index in [4.69, 9.17) is 4.42 Å². The standard InChI is InChI=1S/C14H8FNO2/c15-10-7-5-9(6-8-10)13-14(17)18-12-4-2-1-3-11(12)16-13/h1-8H. The molecule has 18 heavy (non-hydrogen) atoms. The molecule has 1 heterocycles. The number of benzene rings is 2. The van der Waals surface area contributed by atoms with Crippen molar-refractivity contribution < 1.29 is 8.81 Å². The molecule has 1 aromatic heterocycles. The molecule has 88 valence electrons. The number of aromatic nitrogens is 1. The average molecular weight is 241 g/mol. The van der Waals surface area contributed by atoms with Gasteiger partial charge in [-0.05, 0) is 36.4 Å². The van der Waals surface area contributed by atoms with Gasteiger partial charge in [0.15, 0.2) is 11.3 Å². The van der Waals surface area contributed by atoms with E-state index in [1.807, 2.05) is 6.07 Å². The van der Waals surface area contributed by atoms with E-state index in [2.05, 4.69) is 4.98 Å². The van der Waals surface area contributed by atoms with E-state index in [0.29, 0.717) is 16.7 Å². The van der Waals surface area contributed by atoms with Gasteiger partial charge in [0, 0.05) is 5.56 Å². The van der Waals surface area contributed by atoms with Gasteiger partial charge >= 0.3 is 5.63 Å². The molecular weight excluding hydrogens is 233 g/mol. The summed E-state index contributed by atoms with van der Waals surface area (Å²) < 4.78 is 18.0. The molecule has 0 aliphatic heterocycles. The van der Waals surface area contributed by atoms with Crippen molar-refractivity contribution >= 4 is 11.1 Å². The predicted molar refractivity (Wildman–Crippen MR) is 65.7 cm³/mol. The lowest BCUT2D eigenvalue weighted by atomic mass is 10.1. The molecule has 0 bridgehead atoms. The topological polar surface area (TPSA) is 43.1 Å². The fourth-order valence-corrected chi connectivity index (χ4v) is 1.74. The number of hydrogen-bond acceptors (Lipinski definition) is 3. The van der Waals surface area contributed by atoms with E-state index < -0.39 is 5.63 Å². The molecule has 0 saturated heterocycles. The third-order valence-corrected chi connectivity index (χ3v) is 2.61. The number of fused-ring (bicyclic) bond motifs is 1. The molecule has 0 aliphatic rings. The molecule has 2 aromatic carbocycles. The van der Waals surface area contributed by atoms with Crippen LogP contribution in [0, 0.1) is 5.82 Å². The lowest BCUT2D eigenvalue weighted by Gasteiger charge is -2.01. The maximum atomic E-state index is 12.8. The van der Waals surface area contributed by atoms with Crippen LogP contribution in [0.1, 0.15) is 0 Å². The van der Waals surface area contributed by atoms with Crippen molar-refractivity contribution in [2.75, 3.05) is 0 Å². The maximum absolute atomic E-state index is 12.8. The first-order chi connectivity index (χ1) is 8.74. The molecule has 0 N–H and O–H groups in total. The first-order valence-electron chi connectivity index (χ1n) is 5.40. The van der Waals surface area contributed by atoms with Crippen LogP contribution < -0.4 is 5.63 Å².